The van der Waals surface area contributed by atoms with Gasteiger partial charge >= 0.3 is 7.57 Å². The van der Waals surface area contributed by atoms with Crippen LogP contribution in [-0.4, -0.2) is 13.9 Å². The molecular formula is C23H35BP+. The molecule has 0 bridgehead atoms. The Morgan fingerprint density at radius 1 is 1.20 bits per heavy atom. The minimum absolute atomic E-state index is 0.718. The van der Waals surface area contributed by atoms with E-state index in [0.717, 1.165) is 24.7 Å². The number of hydrogen-bond acceptors (Lipinski definition) is 0. The van der Waals surface area contributed by atoms with Crippen LogP contribution >= 0.6 is 7.42 Å². The first-order chi connectivity index (χ1) is 12.0. The monoisotopic (exact) mass is 353 g/mol. The van der Waals surface area contributed by atoms with E-state index < -0.39 is 7.42 Å². The molecule has 2 atom stereocenters. The van der Waals surface area contributed by atoms with Crippen LogP contribution in [0.4, 0.5) is 0 Å². The smallest absolute Gasteiger partial charge is 0.0984 e. The zero-order chi connectivity index (χ0) is 19.1. The minimum Gasteiger partial charge on any atom is -0.0984 e. The molecule has 2 aliphatic carbocycles. The predicted octanol–water partition coefficient (Wildman–Crippen LogP) is 6.55. The van der Waals surface area contributed by atoms with E-state index in [1.165, 1.54) is 46.0 Å². The second-order valence-electron chi connectivity index (χ2n) is 6.72. The lowest BCUT2D eigenvalue weighted by Gasteiger charge is -2.11. The summed E-state index contributed by atoms with van der Waals surface area (Å²) in [5.74, 6) is 1.51. The summed E-state index contributed by atoms with van der Waals surface area (Å²) in [4.78, 5) is 0. The van der Waals surface area contributed by atoms with Gasteiger partial charge in [0.2, 0.25) is 0 Å². The Hall–Kier alpha value is -1.07. The van der Waals surface area contributed by atoms with Gasteiger partial charge in [-0.25, -0.2) is 0 Å². The van der Waals surface area contributed by atoms with Crippen LogP contribution in [0.5, 0.6) is 0 Å². The average Bonchev–Trinajstić information content (AvgIpc) is 3.39. The highest BCUT2D eigenvalue weighted by molar-refractivity contribution is 7.86. The largest absolute Gasteiger partial charge is 0.448 e. The van der Waals surface area contributed by atoms with E-state index in [2.05, 4.69) is 38.9 Å². The third-order valence-electron chi connectivity index (χ3n) is 4.79. The lowest BCUT2D eigenvalue weighted by atomic mass is 9.97. The molecule has 1 aromatic carbocycles. The SMILES string of the molecule is CC.CC.[B][P+](=C)c1c(/C=C(\C)C2CC2)c(C=C)cc2c1CC(C)C2. The topological polar surface area (TPSA) is 0 Å². The summed E-state index contributed by atoms with van der Waals surface area (Å²) in [6, 6.07) is 2.33. The quantitative estimate of drug-likeness (QED) is 0.425. The van der Waals surface area contributed by atoms with E-state index in [1.807, 2.05) is 33.8 Å². The summed E-state index contributed by atoms with van der Waals surface area (Å²) in [7, 11) is 5.48. The van der Waals surface area contributed by atoms with Crippen molar-refractivity contribution in [3.05, 3.63) is 40.5 Å². The Morgan fingerprint density at radius 2 is 1.80 bits per heavy atom. The summed E-state index contributed by atoms with van der Waals surface area (Å²) in [5.41, 5.74) is 6.97. The van der Waals surface area contributed by atoms with E-state index in [1.54, 1.807) is 0 Å². The van der Waals surface area contributed by atoms with Gasteiger partial charge in [0.05, 0.1) is 13.7 Å². The maximum atomic E-state index is 6.31. The Labute approximate surface area is 158 Å². The number of benzene rings is 1. The molecule has 0 saturated heterocycles. The van der Waals surface area contributed by atoms with Crippen molar-refractivity contribution in [2.45, 2.75) is 67.2 Å². The fourth-order valence-corrected chi connectivity index (χ4v) is 4.63. The Kier molecular flexibility index (Phi) is 8.94. The number of rotatable bonds is 4. The first kappa shape index (κ1) is 22.0. The van der Waals surface area contributed by atoms with Gasteiger partial charge in [-0.2, -0.15) is 0 Å². The molecule has 3 rings (SSSR count). The number of fused-ring (bicyclic) bond motifs is 1. The van der Waals surface area contributed by atoms with E-state index in [9.17, 15) is 0 Å². The molecular weight excluding hydrogens is 318 g/mol. The Morgan fingerprint density at radius 3 is 2.28 bits per heavy atom. The molecule has 0 amide bonds. The van der Waals surface area contributed by atoms with Gasteiger partial charge in [0.1, 0.15) is 5.30 Å². The van der Waals surface area contributed by atoms with E-state index >= 15 is 0 Å². The summed E-state index contributed by atoms with van der Waals surface area (Å²) >= 11 is 0. The molecule has 25 heavy (non-hydrogen) atoms. The van der Waals surface area contributed by atoms with Gasteiger partial charge in [-0.15, -0.1) is 0 Å². The van der Waals surface area contributed by atoms with Gasteiger partial charge < -0.3 is 0 Å². The second kappa shape index (κ2) is 10.2. The average molecular weight is 353 g/mol. The van der Waals surface area contributed by atoms with Crippen molar-refractivity contribution >= 4 is 38.7 Å². The number of hydrogen-bond donors (Lipinski definition) is 0. The molecule has 0 nitrogen and oxygen atoms in total. The molecule has 134 valence electrons. The first-order valence-corrected chi connectivity index (χ1v) is 11.5. The molecule has 0 heterocycles. The number of allylic oxidation sites excluding steroid dienone is 1. The van der Waals surface area contributed by atoms with Crippen LogP contribution < -0.4 is 5.30 Å². The summed E-state index contributed by atoms with van der Waals surface area (Å²) in [5, 5.41) is 1.32. The summed E-state index contributed by atoms with van der Waals surface area (Å²) < 4.78 is 0. The van der Waals surface area contributed by atoms with Crippen molar-refractivity contribution in [2.24, 2.45) is 11.8 Å². The summed E-state index contributed by atoms with van der Waals surface area (Å²) in [6.45, 7) is 16.6. The second-order valence-corrected chi connectivity index (χ2v) is 8.10. The third-order valence-corrected chi connectivity index (χ3v) is 5.88. The van der Waals surface area contributed by atoms with E-state index in [4.69, 9.17) is 7.57 Å². The highest BCUT2D eigenvalue weighted by Gasteiger charge is 2.29. The van der Waals surface area contributed by atoms with Crippen molar-refractivity contribution in [3.63, 3.8) is 0 Å². The predicted molar refractivity (Wildman–Crippen MR) is 122 cm³/mol. The molecule has 1 fully saturated rings. The van der Waals surface area contributed by atoms with Gasteiger partial charge in [0, 0.05) is 11.1 Å². The van der Waals surface area contributed by atoms with Crippen LogP contribution in [0.3, 0.4) is 0 Å². The lowest BCUT2D eigenvalue weighted by molar-refractivity contribution is 0.628. The van der Waals surface area contributed by atoms with E-state index in [0.29, 0.717) is 0 Å². The van der Waals surface area contributed by atoms with Crippen molar-refractivity contribution < 1.29 is 0 Å². The van der Waals surface area contributed by atoms with Crippen LogP contribution in [0.15, 0.2) is 18.2 Å². The zero-order valence-electron chi connectivity index (χ0n) is 17.2. The molecule has 1 aromatic rings. The molecule has 0 aliphatic heterocycles. The standard InChI is InChI=1S/C19H23BP.2C2H6/c1-5-14-11-16-8-12(2)9-17(16)19(21(4)20)18(14)10-13(3)15-6-7-15;2*1-2/h5,10-12,15H,1,4,6-9H2,2-3H3;2*1-2H3/q+1;;/b13-10+;;. The lowest BCUT2D eigenvalue weighted by Crippen LogP contribution is -2.13. The third kappa shape index (κ3) is 5.21. The molecule has 2 heteroatoms. The molecule has 2 unspecified atom stereocenters. The Bertz CT molecular complexity index is 651. The van der Waals surface area contributed by atoms with Gasteiger partial charge in [-0.05, 0) is 55.6 Å². The first-order valence-electron chi connectivity index (χ1n) is 9.86. The van der Waals surface area contributed by atoms with Gasteiger partial charge in [-0.3, -0.25) is 0 Å². The highest BCUT2D eigenvalue weighted by atomic mass is 31.1. The van der Waals surface area contributed by atoms with Crippen LogP contribution in [0, 0.1) is 11.8 Å². The maximum absolute atomic E-state index is 6.31. The molecule has 2 aliphatic rings. The van der Waals surface area contributed by atoms with Crippen LogP contribution in [0.25, 0.3) is 12.2 Å². The molecule has 0 N–H and O–H groups in total. The van der Waals surface area contributed by atoms with Gasteiger partial charge in [0.25, 0.3) is 0 Å². The fourth-order valence-electron chi connectivity index (χ4n) is 3.54. The Balaban J connectivity index is 0.000000730. The van der Waals surface area contributed by atoms with Crippen LogP contribution in [0.2, 0.25) is 0 Å². The van der Waals surface area contributed by atoms with Crippen molar-refractivity contribution in [1.29, 1.82) is 0 Å². The minimum atomic E-state index is -0.832. The van der Waals surface area contributed by atoms with Crippen LogP contribution in [-0.2, 0) is 12.8 Å². The fraction of sp³-hybridized carbons (Fsp3) is 0.522. The normalized spacial score (nSPS) is 19.0. The van der Waals surface area contributed by atoms with Crippen molar-refractivity contribution in [2.75, 3.05) is 0 Å². The molecule has 0 spiro atoms. The maximum Gasteiger partial charge on any atom is 0.448 e. The van der Waals surface area contributed by atoms with Crippen molar-refractivity contribution in [1.82, 2.24) is 0 Å². The van der Waals surface area contributed by atoms with Crippen molar-refractivity contribution in [3.8, 4) is 0 Å². The molecule has 2 radical (unpaired) electrons. The zero-order valence-corrected chi connectivity index (χ0v) is 18.0. The molecule has 1 saturated carbocycles. The van der Waals surface area contributed by atoms with E-state index in [-0.39, 0.29) is 0 Å². The van der Waals surface area contributed by atoms with Gasteiger partial charge in [0.15, 0.2) is 0 Å². The highest BCUT2D eigenvalue weighted by Crippen LogP contribution is 2.39. The van der Waals surface area contributed by atoms with Crippen LogP contribution in [0.1, 0.15) is 76.6 Å². The summed E-state index contributed by atoms with van der Waals surface area (Å²) in [6.07, 6.45) is 13.5. The van der Waals surface area contributed by atoms with Gasteiger partial charge in [-0.1, -0.05) is 65.0 Å². The molecule has 0 aromatic heterocycles.